The molecule has 0 aliphatic carbocycles. The van der Waals surface area contributed by atoms with Crippen LogP contribution in [0.15, 0.2) is 48.7 Å². The van der Waals surface area contributed by atoms with Gasteiger partial charge in [0.15, 0.2) is 0 Å². The summed E-state index contributed by atoms with van der Waals surface area (Å²) in [5.74, 6) is 0.945. The quantitative estimate of drug-likeness (QED) is 0.123. The molecular formula is C40H48N8O5S. The molecule has 2 unspecified atom stereocenters. The first-order chi connectivity index (χ1) is 25.9. The van der Waals surface area contributed by atoms with Crippen LogP contribution in [-0.2, 0) is 19.1 Å². The lowest BCUT2D eigenvalue weighted by molar-refractivity contribution is -0.138. The van der Waals surface area contributed by atoms with Crippen LogP contribution in [0.1, 0.15) is 84.0 Å². The monoisotopic (exact) mass is 752 g/mol. The van der Waals surface area contributed by atoms with Crippen LogP contribution in [0.3, 0.4) is 0 Å². The van der Waals surface area contributed by atoms with E-state index in [1.165, 1.54) is 14.0 Å². The number of hydrogen-bond donors (Lipinski definition) is 4. The first kappa shape index (κ1) is 37.1. The van der Waals surface area contributed by atoms with Gasteiger partial charge >= 0.3 is 6.09 Å². The summed E-state index contributed by atoms with van der Waals surface area (Å²) >= 11 is 1.67. The number of H-pyrrole nitrogens is 2. The molecule has 54 heavy (non-hydrogen) atoms. The number of rotatable bonds is 10. The Morgan fingerprint density at radius 3 is 2.13 bits per heavy atom. The number of fused-ring (bicyclic) bond motifs is 3. The first-order valence-corrected chi connectivity index (χ1v) is 19.6. The molecule has 4 atom stereocenters. The lowest BCUT2D eigenvalue weighted by Gasteiger charge is -2.30. The minimum atomic E-state index is -0.692. The molecule has 2 fully saturated rings. The zero-order chi connectivity index (χ0) is 38.3. The maximum atomic E-state index is 13.7. The topological polar surface area (TPSA) is 165 Å². The molecule has 2 aliphatic heterocycles. The smallest absolute Gasteiger partial charge is 0.407 e. The van der Waals surface area contributed by atoms with Gasteiger partial charge in [-0.1, -0.05) is 45.9 Å². The fourth-order valence-electron chi connectivity index (χ4n) is 7.82. The number of carbonyl (C=O) groups excluding carboxylic acids is 4. The maximum absolute atomic E-state index is 13.7. The molecule has 13 nitrogen and oxygen atoms in total. The number of carbonyl (C=O) groups is 4. The van der Waals surface area contributed by atoms with Gasteiger partial charge in [0.2, 0.25) is 17.7 Å². The Morgan fingerprint density at radius 1 is 0.833 bits per heavy atom. The van der Waals surface area contributed by atoms with E-state index < -0.39 is 18.2 Å². The fraction of sp³-hybridized carbons (Fsp3) is 0.450. The number of likely N-dealkylation sites (tertiary alicyclic amines) is 2. The van der Waals surface area contributed by atoms with Crippen molar-refractivity contribution in [1.29, 1.82) is 0 Å². The number of benzene rings is 2. The van der Waals surface area contributed by atoms with Gasteiger partial charge in [-0.25, -0.2) is 14.8 Å². The van der Waals surface area contributed by atoms with Gasteiger partial charge in [-0.3, -0.25) is 14.4 Å². The third-order valence-electron chi connectivity index (χ3n) is 10.6. The minimum absolute atomic E-state index is 0.0285. The molecule has 14 heteroatoms. The minimum Gasteiger partial charge on any atom is -0.453 e. The van der Waals surface area contributed by atoms with E-state index in [1.807, 2.05) is 49.8 Å². The summed E-state index contributed by atoms with van der Waals surface area (Å²) in [6.07, 6.45) is 4.53. The molecule has 2 aromatic carbocycles. The molecular weight excluding hydrogens is 705 g/mol. The summed E-state index contributed by atoms with van der Waals surface area (Å²) in [5.41, 5.74) is 3.75. The number of nitrogens with zero attached hydrogens (tertiary/aromatic N) is 4. The number of imidazole rings is 2. The van der Waals surface area contributed by atoms with E-state index >= 15 is 0 Å². The van der Waals surface area contributed by atoms with Crippen molar-refractivity contribution in [3.05, 3.63) is 60.3 Å². The Morgan fingerprint density at radius 2 is 1.48 bits per heavy atom. The Bertz CT molecular complexity index is 2200. The number of aromatic amines is 2. The molecule has 284 valence electrons. The van der Waals surface area contributed by atoms with Gasteiger partial charge in [0, 0.05) is 30.3 Å². The van der Waals surface area contributed by atoms with Crippen LogP contribution in [0.5, 0.6) is 0 Å². The van der Waals surface area contributed by atoms with Gasteiger partial charge in [-0.15, -0.1) is 11.3 Å². The van der Waals surface area contributed by atoms with E-state index in [2.05, 4.69) is 57.0 Å². The zero-order valence-electron chi connectivity index (χ0n) is 31.6. The second kappa shape index (κ2) is 15.2. The number of aromatic nitrogens is 4. The highest BCUT2D eigenvalue weighted by Crippen LogP contribution is 2.39. The predicted octanol–water partition coefficient (Wildman–Crippen LogP) is 6.70. The van der Waals surface area contributed by atoms with Gasteiger partial charge in [0.1, 0.15) is 23.7 Å². The highest BCUT2D eigenvalue weighted by molar-refractivity contribution is 7.18. The molecule has 2 aliphatic rings. The molecule has 5 aromatic rings. The van der Waals surface area contributed by atoms with Gasteiger partial charge in [0.25, 0.3) is 0 Å². The van der Waals surface area contributed by atoms with E-state index in [0.717, 1.165) is 80.1 Å². The lowest BCUT2D eigenvalue weighted by Crippen LogP contribution is -2.51. The molecule has 3 aromatic heterocycles. The molecule has 5 heterocycles. The van der Waals surface area contributed by atoms with Crippen LogP contribution in [0.2, 0.25) is 0 Å². The molecule has 4 N–H and O–H groups in total. The number of alkyl carbamates (subject to hydrolysis) is 1. The summed E-state index contributed by atoms with van der Waals surface area (Å²) in [7, 11) is 1.29. The summed E-state index contributed by atoms with van der Waals surface area (Å²) < 4.78 is 4.78. The van der Waals surface area contributed by atoms with Gasteiger partial charge in [0.05, 0.1) is 47.0 Å². The standard InChI is InChI=1S/C40H48N8O5S/c1-21(2)33(42-23(5)49)38(50)47-17-7-9-29(47)36-41-20-28(44-36)32-16-15-31(54-32)25-11-13-26-24(19-25)12-14-27-35(26)45-37(43-27)30-10-8-18-48(30)39(51)34(22(3)4)46-40(52)53-6/h11-16,19-22,29-30,33-34H,7-10,17-18H2,1-6H3,(H,41,44)(H,42,49)(H,43,45)(H,46,52)/t29-,30-,33?,34?/m0/s1. The summed E-state index contributed by atoms with van der Waals surface area (Å²) in [5, 5.41) is 7.63. The molecule has 4 amide bonds. The zero-order valence-corrected chi connectivity index (χ0v) is 32.4. The summed E-state index contributed by atoms with van der Waals surface area (Å²) in [6, 6.07) is 13.1. The summed E-state index contributed by atoms with van der Waals surface area (Å²) in [6.45, 7) is 10.4. The average molecular weight is 753 g/mol. The number of hydrogen-bond acceptors (Lipinski definition) is 8. The Hall–Kier alpha value is -5.24. The van der Waals surface area contributed by atoms with Crippen LogP contribution in [-0.4, -0.2) is 85.8 Å². The van der Waals surface area contributed by atoms with Gasteiger partial charge in [-0.2, -0.15) is 0 Å². The van der Waals surface area contributed by atoms with Crippen LogP contribution in [0.4, 0.5) is 4.79 Å². The third kappa shape index (κ3) is 7.18. The van der Waals surface area contributed by atoms with Crippen molar-refractivity contribution in [2.75, 3.05) is 20.2 Å². The van der Waals surface area contributed by atoms with E-state index in [-0.39, 0.29) is 41.6 Å². The summed E-state index contributed by atoms with van der Waals surface area (Å²) in [4.78, 5) is 73.6. The van der Waals surface area contributed by atoms with E-state index in [9.17, 15) is 19.2 Å². The number of amides is 4. The van der Waals surface area contributed by atoms with Gasteiger partial charge in [-0.05, 0) is 72.7 Å². The highest BCUT2D eigenvalue weighted by Gasteiger charge is 2.39. The van der Waals surface area contributed by atoms with Crippen molar-refractivity contribution in [3.8, 4) is 21.0 Å². The molecule has 0 radical (unpaired) electrons. The van der Waals surface area contributed by atoms with Crippen LogP contribution >= 0.6 is 11.3 Å². The molecule has 7 rings (SSSR count). The maximum Gasteiger partial charge on any atom is 0.407 e. The number of ether oxygens (including phenoxy) is 1. The molecule has 2 saturated heterocycles. The van der Waals surface area contributed by atoms with Crippen molar-refractivity contribution < 1.29 is 23.9 Å². The lowest BCUT2D eigenvalue weighted by atomic mass is 10.0. The van der Waals surface area contributed by atoms with Crippen LogP contribution < -0.4 is 10.6 Å². The van der Waals surface area contributed by atoms with Crippen molar-refractivity contribution >= 4 is 57.0 Å². The molecule has 0 spiro atoms. The predicted molar refractivity (Wildman–Crippen MR) is 208 cm³/mol. The van der Waals surface area contributed by atoms with Crippen molar-refractivity contribution in [2.24, 2.45) is 11.8 Å². The second-order valence-electron chi connectivity index (χ2n) is 15.0. The number of nitrogens with one attached hydrogen (secondary N) is 4. The Balaban J connectivity index is 1.09. The fourth-order valence-corrected chi connectivity index (χ4v) is 8.79. The van der Waals surface area contributed by atoms with E-state index in [0.29, 0.717) is 13.1 Å². The molecule has 0 bridgehead atoms. The van der Waals surface area contributed by atoms with E-state index in [4.69, 9.17) is 14.7 Å². The van der Waals surface area contributed by atoms with Crippen LogP contribution in [0.25, 0.3) is 42.8 Å². The van der Waals surface area contributed by atoms with Crippen molar-refractivity contribution in [1.82, 2.24) is 40.4 Å². The second-order valence-corrected chi connectivity index (χ2v) is 16.1. The van der Waals surface area contributed by atoms with Gasteiger partial charge < -0.3 is 35.1 Å². The molecule has 0 saturated carbocycles. The Labute approximate surface area is 318 Å². The first-order valence-electron chi connectivity index (χ1n) is 18.7. The normalized spacial score (nSPS) is 18.5. The van der Waals surface area contributed by atoms with Crippen molar-refractivity contribution in [2.45, 2.75) is 84.5 Å². The average Bonchev–Trinajstić information content (AvgIpc) is 3.99. The highest BCUT2D eigenvalue weighted by atomic mass is 32.1. The van der Waals surface area contributed by atoms with Crippen molar-refractivity contribution in [3.63, 3.8) is 0 Å². The third-order valence-corrected chi connectivity index (χ3v) is 11.8. The SMILES string of the molecule is COC(=O)NC(C(=O)N1CCC[C@H]1c1nc2c(ccc3cc(-c4ccc(-c5cnc([C@@H]6CCCN6C(=O)C(NC(C)=O)C(C)C)[nH]5)s4)ccc32)[nH]1)C(C)C. The number of thiophene rings is 1. The van der Waals surface area contributed by atoms with Crippen LogP contribution in [0, 0.1) is 11.8 Å². The van der Waals surface area contributed by atoms with E-state index in [1.54, 1.807) is 11.3 Å². The number of methoxy groups -OCH3 is 1. The Kier molecular flexibility index (Phi) is 10.5. The largest absolute Gasteiger partial charge is 0.453 e.